The number of carbonyl (C=O) groups is 1. The minimum absolute atomic E-state index is 0.0867. The summed E-state index contributed by atoms with van der Waals surface area (Å²) in [4.78, 5) is 22.1. The van der Waals surface area contributed by atoms with Crippen LogP contribution in [0.15, 0.2) is 9.95 Å². The minimum atomic E-state index is -0.914. The maximum absolute atomic E-state index is 11.6. The van der Waals surface area contributed by atoms with Crippen molar-refractivity contribution in [2.45, 2.75) is 29.3 Å². The summed E-state index contributed by atoms with van der Waals surface area (Å²) < 4.78 is 1.68. The number of nitrogens with one attached hydrogen (secondary N) is 1. The Kier molecular flexibility index (Phi) is 3.53. The molecule has 0 aliphatic heterocycles. The van der Waals surface area contributed by atoms with E-state index in [0.717, 1.165) is 24.6 Å². The molecule has 94 valence electrons. The van der Waals surface area contributed by atoms with Crippen LogP contribution < -0.4 is 5.69 Å². The van der Waals surface area contributed by atoms with E-state index in [1.807, 2.05) is 6.26 Å². The van der Waals surface area contributed by atoms with Crippen molar-refractivity contribution in [2.75, 3.05) is 12.0 Å². The van der Waals surface area contributed by atoms with Crippen molar-refractivity contribution in [3.63, 3.8) is 0 Å². The van der Waals surface area contributed by atoms with E-state index >= 15 is 0 Å². The first-order chi connectivity index (χ1) is 8.06. The van der Waals surface area contributed by atoms with Gasteiger partial charge in [-0.3, -0.25) is 9.36 Å². The Labute approximate surface area is 106 Å². The van der Waals surface area contributed by atoms with Gasteiger partial charge in [-0.15, -0.1) is 5.10 Å². The molecule has 0 atom stereocenters. The third-order valence-corrected chi connectivity index (χ3v) is 5.10. The molecule has 0 saturated heterocycles. The Balaban J connectivity index is 2.12. The quantitative estimate of drug-likeness (QED) is 0.741. The van der Waals surface area contributed by atoms with E-state index in [4.69, 9.17) is 5.11 Å². The van der Waals surface area contributed by atoms with Crippen molar-refractivity contribution in [1.82, 2.24) is 14.8 Å². The van der Waals surface area contributed by atoms with Crippen molar-refractivity contribution in [3.8, 4) is 0 Å². The number of thioether (sulfide) groups is 2. The molecule has 0 aromatic carbocycles. The zero-order valence-corrected chi connectivity index (χ0v) is 10.9. The number of carboxylic acids is 1. The lowest BCUT2D eigenvalue weighted by atomic mass is 10.4. The maximum Gasteiger partial charge on any atom is 0.344 e. The van der Waals surface area contributed by atoms with Gasteiger partial charge in [-0.1, -0.05) is 11.8 Å². The first-order valence-corrected chi connectivity index (χ1v) is 7.32. The number of aliphatic carboxylic acids is 1. The van der Waals surface area contributed by atoms with Gasteiger partial charge in [0.1, 0.15) is 0 Å². The Bertz CT molecular complexity index is 478. The lowest BCUT2D eigenvalue weighted by molar-refractivity contribution is -0.133. The molecule has 1 aromatic heterocycles. The van der Waals surface area contributed by atoms with Crippen molar-refractivity contribution in [2.24, 2.45) is 0 Å². The molecule has 1 heterocycles. The third-order valence-electron chi connectivity index (χ3n) is 2.73. The second-order valence-corrected chi connectivity index (χ2v) is 6.18. The van der Waals surface area contributed by atoms with E-state index in [2.05, 4.69) is 10.2 Å². The SMILES string of the molecule is CSC1(Cn2c(SCC(=O)O)n[nH]c2=O)CC1. The van der Waals surface area contributed by atoms with Crippen LogP contribution in [0.4, 0.5) is 0 Å². The van der Waals surface area contributed by atoms with Crippen molar-refractivity contribution >= 4 is 29.5 Å². The van der Waals surface area contributed by atoms with Crippen LogP contribution >= 0.6 is 23.5 Å². The molecule has 0 bridgehead atoms. The highest BCUT2D eigenvalue weighted by Gasteiger charge is 2.43. The highest BCUT2D eigenvalue weighted by atomic mass is 32.2. The van der Waals surface area contributed by atoms with Crippen LogP contribution in [0.25, 0.3) is 0 Å². The summed E-state index contributed by atoms with van der Waals surface area (Å²) >= 11 is 2.82. The predicted octanol–water partition coefficient (Wildman–Crippen LogP) is 0.644. The number of hydrogen-bond donors (Lipinski definition) is 2. The molecule has 0 radical (unpaired) electrons. The van der Waals surface area contributed by atoms with Gasteiger partial charge < -0.3 is 5.11 Å². The number of aromatic nitrogens is 3. The van der Waals surface area contributed by atoms with Crippen LogP contribution in [0.1, 0.15) is 12.8 Å². The van der Waals surface area contributed by atoms with Crippen LogP contribution in [-0.2, 0) is 11.3 Å². The number of nitrogens with zero attached hydrogens (tertiary/aromatic N) is 2. The zero-order valence-electron chi connectivity index (χ0n) is 9.30. The van der Waals surface area contributed by atoms with Crippen LogP contribution in [0.5, 0.6) is 0 Å². The van der Waals surface area contributed by atoms with E-state index in [1.165, 1.54) is 4.57 Å². The lowest BCUT2D eigenvalue weighted by Gasteiger charge is -2.12. The molecule has 1 aliphatic rings. The van der Waals surface area contributed by atoms with Crippen LogP contribution in [0, 0.1) is 0 Å². The molecule has 1 saturated carbocycles. The van der Waals surface area contributed by atoms with Gasteiger partial charge >= 0.3 is 11.7 Å². The van der Waals surface area contributed by atoms with E-state index in [-0.39, 0.29) is 16.2 Å². The Morgan fingerprint density at radius 2 is 2.35 bits per heavy atom. The van der Waals surface area contributed by atoms with Gasteiger partial charge in [0.15, 0.2) is 5.16 Å². The monoisotopic (exact) mass is 275 g/mol. The van der Waals surface area contributed by atoms with Crippen molar-refractivity contribution in [3.05, 3.63) is 10.5 Å². The number of aromatic amines is 1. The molecule has 0 unspecified atom stereocenters. The standard InChI is InChI=1S/C9H13N3O3S2/c1-16-9(2-3-9)5-12-7(15)10-11-8(12)17-4-6(13)14/h2-5H2,1H3,(H,10,15)(H,13,14). The molecule has 2 rings (SSSR count). The highest BCUT2D eigenvalue weighted by molar-refractivity contribution is 8.00. The topological polar surface area (TPSA) is 88.0 Å². The average Bonchev–Trinajstić information content (AvgIpc) is 2.99. The van der Waals surface area contributed by atoms with E-state index in [0.29, 0.717) is 11.7 Å². The maximum atomic E-state index is 11.6. The van der Waals surface area contributed by atoms with E-state index in [1.54, 1.807) is 11.8 Å². The molecular weight excluding hydrogens is 262 g/mol. The number of hydrogen-bond acceptors (Lipinski definition) is 5. The van der Waals surface area contributed by atoms with E-state index < -0.39 is 5.97 Å². The number of carboxylic acid groups (broad SMARTS) is 1. The lowest BCUT2D eigenvalue weighted by Crippen LogP contribution is -2.24. The first kappa shape index (κ1) is 12.6. The molecule has 1 fully saturated rings. The number of rotatable bonds is 6. The normalized spacial score (nSPS) is 17.0. The van der Waals surface area contributed by atoms with Crippen molar-refractivity contribution < 1.29 is 9.90 Å². The molecule has 1 aliphatic carbocycles. The number of H-pyrrole nitrogens is 1. The first-order valence-electron chi connectivity index (χ1n) is 5.11. The summed E-state index contributed by atoms with van der Waals surface area (Å²) in [5, 5.41) is 15.3. The molecule has 0 spiro atoms. The van der Waals surface area contributed by atoms with E-state index in [9.17, 15) is 9.59 Å². The summed E-state index contributed by atoms with van der Waals surface area (Å²) in [6.45, 7) is 0.603. The van der Waals surface area contributed by atoms with Gasteiger partial charge in [0.05, 0.1) is 5.75 Å². The summed E-state index contributed by atoms with van der Waals surface area (Å²) in [5.74, 6) is -1.00. The summed E-state index contributed by atoms with van der Waals surface area (Å²) in [5.41, 5.74) is -0.266. The van der Waals surface area contributed by atoms with Crippen LogP contribution in [-0.4, -0.2) is 42.6 Å². The minimum Gasteiger partial charge on any atom is -0.481 e. The molecule has 17 heavy (non-hydrogen) atoms. The van der Waals surface area contributed by atoms with Gasteiger partial charge in [0.25, 0.3) is 0 Å². The Morgan fingerprint density at radius 1 is 1.65 bits per heavy atom. The van der Waals surface area contributed by atoms with Crippen LogP contribution in [0.2, 0.25) is 0 Å². The second-order valence-electron chi connectivity index (χ2n) is 3.97. The fraction of sp³-hybridized carbons (Fsp3) is 0.667. The molecule has 0 amide bonds. The smallest absolute Gasteiger partial charge is 0.344 e. The van der Waals surface area contributed by atoms with Gasteiger partial charge in [-0.2, -0.15) is 11.8 Å². The molecular formula is C9H13N3O3S2. The molecule has 1 aromatic rings. The second kappa shape index (κ2) is 4.77. The molecule has 2 N–H and O–H groups in total. The highest BCUT2D eigenvalue weighted by Crippen LogP contribution is 2.48. The summed E-state index contributed by atoms with van der Waals surface area (Å²) in [6.07, 6.45) is 4.21. The largest absolute Gasteiger partial charge is 0.481 e. The Morgan fingerprint density at radius 3 is 2.88 bits per heavy atom. The summed E-state index contributed by atoms with van der Waals surface area (Å²) in [7, 11) is 0. The average molecular weight is 275 g/mol. The van der Waals surface area contributed by atoms with Gasteiger partial charge in [-0.05, 0) is 19.1 Å². The summed E-state index contributed by atoms with van der Waals surface area (Å²) in [6, 6.07) is 0. The van der Waals surface area contributed by atoms with Gasteiger partial charge in [-0.25, -0.2) is 9.89 Å². The zero-order chi connectivity index (χ0) is 12.5. The predicted molar refractivity (Wildman–Crippen MR) is 66.7 cm³/mol. The fourth-order valence-electron chi connectivity index (χ4n) is 1.53. The molecule has 6 nitrogen and oxygen atoms in total. The fourth-order valence-corrected chi connectivity index (χ4v) is 2.97. The third kappa shape index (κ3) is 2.86. The molecule has 8 heteroatoms. The van der Waals surface area contributed by atoms with Crippen LogP contribution in [0.3, 0.4) is 0 Å². The van der Waals surface area contributed by atoms with Gasteiger partial charge in [0, 0.05) is 11.3 Å². The van der Waals surface area contributed by atoms with Gasteiger partial charge in [0.2, 0.25) is 0 Å². The Hall–Kier alpha value is -0.890. The van der Waals surface area contributed by atoms with Crippen molar-refractivity contribution in [1.29, 1.82) is 0 Å².